The number of nitrogens with zero attached hydrogens (tertiary/aromatic N) is 2. The number of rotatable bonds is 6. The quantitative estimate of drug-likeness (QED) is 0.719. The largest absolute Gasteiger partial charge is 0.301 e. The minimum Gasteiger partial charge on any atom is -0.301 e. The molecule has 0 fully saturated rings. The van der Waals surface area contributed by atoms with E-state index in [0.717, 1.165) is 16.1 Å². The maximum Gasteiger partial charge on any atom is 0.243 e. The smallest absolute Gasteiger partial charge is 0.243 e. The lowest BCUT2D eigenvalue weighted by molar-refractivity contribution is -0.117. The van der Waals surface area contributed by atoms with Crippen molar-refractivity contribution in [1.29, 1.82) is 0 Å². The van der Waals surface area contributed by atoms with E-state index < -0.39 is 0 Å². The molecule has 2 heterocycles. The molecule has 0 spiro atoms. The van der Waals surface area contributed by atoms with Gasteiger partial charge in [0, 0.05) is 28.6 Å². The molecule has 23 heavy (non-hydrogen) atoms. The Labute approximate surface area is 142 Å². The van der Waals surface area contributed by atoms with Crippen LogP contribution >= 0.6 is 22.7 Å². The van der Waals surface area contributed by atoms with E-state index in [1.165, 1.54) is 11.3 Å². The van der Waals surface area contributed by atoms with E-state index in [-0.39, 0.29) is 11.9 Å². The van der Waals surface area contributed by atoms with Gasteiger partial charge in [-0.15, -0.1) is 22.7 Å². The second-order valence-electron chi connectivity index (χ2n) is 4.92. The number of hydrogen-bond donors (Lipinski definition) is 2. The summed E-state index contributed by atoms with van der Waals surface area (Å²) in [5.41, 5.74) is 3.89. The average molecular weight is 344 g/mol. The van der Waals surface area contributed by atoms with Gasteiger partial charge in [-0.3, -0.25) is 4.79 Å². The Morgan fingerprint density at radius 3 is 2.78 bits per heavy atom. The number of carbonyl (C=O) groups is 1. The lowest BCUT2D eigenvalue weighted by Crippen LogP contribution is -2.37. The third kappa shape index (κ3) is 4.01. The number of nitrogens with one attached hydrogen (secondary N) is 2. The molecule has 1 atom stereocenters. The minimum atomic E-state index is -0.315. The lowest BCUT2D eigenvalue weighted by atomic mass is 10.1. The normalized spacial score (nSPS) is 12.0. The number of anilines is 1. The maximum absolute atomic E-state index is 12.1. The summed E-state index contributed by atoms with van der Waals surface area (Å²) in [6, 6.07) is 9.74. The molecule has 0 unspecified atom stereocenters. The standard InChI is InChI=1S/C16H16N4OS2/c1-11(15(21)20-16-17-7-8-22-16)18-9-13-14(19-10-23-13)12-5-3-2-4-6-12/h2-8,10-11,18H,9H2,1H3,(H,17,20,21)/t11-/m1/s1. The Morgan fingerprint density at radius 1 is 1.22 bits per heavy atom. The Balaban J connectivity index is 1.60. The van der Waals surface area contributed by atoms with E-state index in [4.69, 9.17) is 0 Å². The maximum atomic E-state index is 12.1. The SMILES string of the molecule is C[C@@H](NCc1scnc1-c1ccccc1)C(=O)Nc1nccs1. The van der Waals surface area contributed by atoms with E-state index in [1.54, 1.807) is 17.5 Å². The molecule has 0 saturated carbocycles. The highest BCUT2D eigenvalue weighted by Crippen LogP contribution is 2.25. The second-order valence-corrected chi connectivity index (χ2v) is 6.75. The summed E-state index contributed by atoms with van der Waals surface area (Å²) in [6.45, 7) is 2.44. The van der Waals surface area contributed by atoms with E-state index in [9.17, 15) is 4.79 Å². The summed E-state index contributed by atoms with van der Waals surface area (Å²) in [4.78, 5) is 21.7. The molecule has 0 aliphatic carbocycles. The Bertz CT molecular complexity index is 756. The summed E-state index contributed by atoms with van der Waals surface area (Å²) < 4.78 is 0. The summed E-state index contributed by atoms with van der Waals surface area (Å²) in [6.07, 6.45) is 1.67. The van der Waals surface area contributed by atoms with Crippen LogP contribution in [0, 0.1) is 0 Å². The molecule has 2 aromatic heterocycles. The van der Waals surface area contributed by atoms with Crippen LogP contribution in [-0.4, -0.2) is 21.9 Å². The Kier molecular flexibility index (Phi) is 5.12. The fourth-order valence-corrected chi connectivity index (χ4v) is 3.33. The van der Waals surface area contributed by atoms with Crippen LogP contribution in [0.5, 0.6) is 0 Å². The van der Waals surface area contributed by atoms with Crippen LogP contribution in [0.25, 0.3) is 11.3 Å². The van der Waals surface area contributed by atoms with Crippen LogP contribution in [0.3, 0.4) is 0 Å². The topological polar surface area (TPSA) is 66.9 Å². The molecule has 118 valence electrons. The van der Waals surface area contributed by atoms with E-state index in [1.807, 2.05) is 48.1 Å². The van der Waals surface area contributed by atoms with Crippen LogP contribution in [0.2, 0.25) is 0 Å². The molecule has 0 saturated heterocycles. The fraction of sp³-hybridized carbons (Fsp3) is 0.188. The van der Waals surface area contributed by atoms with Gasteiger partial charge in [-0.05, 0) is 6.92 Å². The number of thiazole rings is 2. The van der Waals surface area contributed by atoms with Crippen molar-refractivity contribution in [3.8, 4) is 11.3 Å². The molecule has 0 bridgehead atoms. The van der Waals surface area contributed by atoms with Crippen molar-refractivity contribution in [2.24, 2.45) is 0 Å². The van der Waals surface area contributed by atoms with Gasteiger partial charge in [-0.2, -0.15) is 0 Å². The van der Waals surface area contributed by atoms with Crippen molar-refractivity contribution >= 4 is 33.7 Å². The van der Waals surface area contributed by atoms with Crippen molar-refractivity contribution in [1.82, 2.24) is 15.3 Å². The highest BCUT2D eigenvalue weighted by molar-refractivity contribution is 7.13. The molecule has 5 nitrogen and oxygen atoms in total. The van der Waals surface area contributed by atoms with Crippen LogP contribution in [0.4, 0.5) is 5.13 Å². The first-order valence-corrected chi connectivity index (χ1v) is 8.91. The number of hydrogen-bond acceptors (Lipinski definition) is 6. The van der Waals surface area contributed by atoms with Crippen molar-refractivity contribution in [2.75, 3.05) is 5.32 Å². The van der Waals surface area contributed by atoms with Crippen molar-refractivity contribution < 1.29 is 4.79 Å². The number of aromatic nitrogens is 2. The van der Waals surface area contributed by atoms with Crippen molar-refractivity contribution in [3.63, 3.8) is 0 Å². The van der Waals surface area contributed by atoms with E-state index >= 15 is 0 Å². The first-order valence-electron chi connectivity index (χ1n) is 7.15. The van der Waals surface area contributed by atoms with Gasteiger partial charge in [-0.25, -0.2) is 9.97 Å². The first kappa shape index (κ1) is 15.8. The Morgan fingerprint density at radius 2 is 2.04 bits per heavy atom. The number of benzene rings is 1. The zero-order chi connectivity index (χ0) is 16.1. The molecule has 2 N–H and O–H groups in total. The zero-order valence-corrected chi connectivity index (χ0v) is 14.2. The summed E-state index contributed by atoms with van der Waals surface area (Å²) >= 11 is 2.99. The monoisotopic (exact) mass is 344 g/mol. The third-order valence-corrected chi connectivity index (χ3v) is 4.83. The summed E-state index contributed by atoms with van der Waals surface area (Å²) in [5.74, 6) is -0.0919. The van der Waals surface area contributed by atoms with Crippen LogP contribution in [-0.2, 0) is 11.3 Å². The molecule has 0 aliphatic heterocycles. The van der Waals surface area contributed by atoms with Gasteiger partial charge in [0.05, 0.1) is 17.2 Å². The van der Waals surface area contributed by atoms with Crippen LogP contribution in [0.1, 0.15) is 11.8 Å². The molecule has 3 rings (SSSR count). The third-order valence-electron chi connectivity index (χ3n) is 3.31. The van der Waals surface area contributed by atoms with Crippen molar-refractivity contribution in [2.45, 2.75) is 19.5 Å². The predicted molar refractivity (Wildman–Crippen MR) is 94.6 cm³/mol. The molecular formula is C16H16N4OS2. The van der Waals surface area contributed by atoms with Gasteiger partial charge >= 0.3 is 0 Å². The van der Waals surface area contributed by atoms with Gasteiger partial charge in [0.2, 0.25) is 5.91 Å². The number of carbonyl (C=O) groups excluding carboxylic acids is 1. The highest BCUT2D eigenvalue weighted by atomic mass is 32.1. The van der Waals surface area contributed by atoms with E-state index in [0.29, 0.717) is 11.7 Å². The zero-order valence-electron chi connectivity index (χ0n) is 12.5. The van der Waals surface area contributed by atoms with Crippen molar-refractivity contribution in [3.05, 3.63) is 52.3 Å². The average Bonchev–Trinajstić information content (AvgIpc) is 3.24. The van der Waals surface area contributed by atoms with Gasteiger partial charge < -0.3 is 10.6 Å². The molecule has 3 aromatic rings. The molecule has 7 heteroatoms. The Hall–Kier alpha value is -2.09. The molecule has 1 aromatic carbocycles. The molecular weight excluding hydrogens is 328 g/mol. The first-order chi connectivity index (χ1) is 11.2. The minimum absolute atomic E-state index is 0.0919. The molecule has 0 aliphatic rings. The number of amides is 1. The van der Waals surface area contributed by atoms with Gasteiger partial charge in [0.1, 0.15) is 0 Å². The predicted octanol–water partition coefficient (Wildman–Crippen LogP) is 3.38. The molecule has 0 radical (unpaired) electrons. The second kappa shape index (κ2) is 7.45. The van der Waals surface area contributed by atoms with Gasteiger partial charge in [0.15, 0.2) is 5.13 Å². The summed E-state index contributed by atoms with van der Waals surface area (Å²) in [5, 5.41) is 8.48. The lowest BCUT2D eigenvalue weighted by Gasteiger charge is -2.12. The van der Waals surface area contributed by atoms with Gasteiger partial charge in [0.25, 0.3) is 0 Å². The van der Waals surface area contributed by atoms with E-state index in [2.05, 4.69) is 20.6 Å². The van der Waals surface area contributed by atoms with Gasteiger partial charge in [-0.1, -0.05) is 30.3 Å². The summed E-state index contributed by atoms with van der Waals surface area (Å²) in [7, 11) is 0. The van der Waals surface area contributed by atoms with Crippen LogP contribution < -0.4 is 10.6 Å². The van der Waals surface area contributed by atoms with Crippen LogP contribution in [0.15, 0.2) is 47.4 Å². The molecule has 1 amide bonds. The fourth-order valence-electron chi connectivity index (χ4n) is 2.06. The highest BCUT2D eigenvalue weighted by Gasteiger charge is 2.15.